The molecule has 1 rings (SSSR count). The van der Waals surface area contributed by atoms with Gasteiger partial charge in [0.2, 0.25) is 0 Å². The van der Waals surface area contributed by atoms with Gasteiger partial charge in [-0.1, -0.05) is 0 Å². The van der Waals surface area contributed by atoms with Crippen LogP contribution in [0.4, 0.5) is 8.78 Å². The van der Waals surface area contributed by atoms with Gasteiger partial charge in [0, 0.05) is 7.05 Å². The fraction of sp³-hybridized carbons (Fsp3) is 0.500. The lowest BCUT2D eigenvalue weighted by Crippen LogP contribution is -2.12. The highest BCUT2D eigenvalue weighted by Gasteiger charge is 2.25. The molecule has 0 radical (unpaired) electrons. The molecule has 1 heterocycles. The Kier molecular flexibility index (Phi) is 3.35. The molecule has 0 amide bonds. The SMILES string of the molecule is COC(=O)c1cc(C(O)C(F)F)n(C)n1. The van der Waals surface area contributed by atoms with Gasteiger partial charge in [-0.05, 0) is 6.07 Å². The molecule has 7 heteroatoms. The van der Waals surface area contributed by atoms with Crippen molar-refractivity contribution in [1.29, 1.82) is 0 Å². The predicted octanol–water partition coefficient (Wildman–Crippen LogP) is 0.505. The number of methoxy groups -OCH3 is 1. The number of alkyl halides is 2. The number of aromatic nitrogens is 2. The second-order valence-corrected chi connectivity index (χ2v) is 2.85. The van der Waals surface area contributed by atoms with Crippen LogP contribution in [0.25, 0.3) is 0 Å². The number of ether oxygens (including phenoxy) is 1. The maximum Gasteiger partial charge on any atom is 0.358 e. The van der Waals surface area contributed by atoms with Crippen LogP contribution < -0.4 is 0 Å². The smallest absolute Gasteiger partial charge is 0.358 e. The van der Waals surface area contributed by atoms with Gasteiger partial charge >= 0.3 is 5.97 Å². The molecular formula is C8H10F2N2O3. The summed E-state index contributed by atoms with van der Waals surface area (Å²) in [7, 11) is 2.51. The van der Waals surface area contributed by atoms with Crippen molar-refractivity contribution < 1.29 is 23.4 Å². The van der Waals surface area contributed by atoms with Crippen molar-refractivity contribution >= 4 is 5.97 Å². The Balaban J connectivity index is 3.01. The van der Waals surface area contributed by atoms with Gasteiger partial charge in [-0.15, -0.1) is 0 Å². The minimum atomic E-state index is -2.93. The van der Waals surface area contributed by atoms with Gasteiger partial charge in [0.1, 0.15) is 0 Å². The number of hydrogen-bond donors (Lipinski definition) is 1. The van der Waals surface area contributed by atoms with Crippen LogP contribution in [0.3, 0.4) is 0 Å². The third kappa shape index (κ3) is 2.30. The second-order valence-electron chi connectivity index (χ2n) is 2.85. The summed E-state index contributed by atoms with van der Waals surface area (Å²) in [5.41, 5.74) is -0.250. The highest BCUT2D eigenvalue weighted by Crippen LogP contribution is 2.20. The van der Waals surface area contributed by atoms with Gasteiger partial charge < -0.3 is 9.84 Å². The van der Waals surface area contributed by atoms with Gasteiger partial charge in [-0.3, -0.25) is 4.68 Å². The number of aliphatic hydroxyl groups excluding tert-OH is 1. The molecule has 0 saturated heterocycles. The predicted molar refractivity (Wildman–Crippen MR) is 45.5 cm³/mol. The van der Waals surface area contributed by atoms with Gasteiger partial charge in [0.05, 0.1) is 12.8 Å². The molecule has 84 valence electrons. The van der Waals surface area contributed by atoms with E-state index in [0.29, 0.717) is 0 Å². The average molecular weight is 220 g/mol. The van der Waals surface area contributed by atoms with Crippen LogP contribution in [-0.4, -0.2) is 34.4 Å². The lowest BCUT2D eigenvalue weighted by atomic mass is 10.2. The average Bonchev–Trinajstić information content (AvgIpc) is 2.57. The number of carbonyl (C=O) groups is 1. The largest absolute Gasteiger partial charge is 0.464 e. The van der Waals surface area contributed by atoms with E-state index in [9.17, 15) is 13.6 Å². The van der Waals surface area contributed by atoms with Crippen molar-refractivity contribution in [2.45, 2.75) is 12.5 Å². The molecule has 0 spiro atoms. The number of halogens is 2. The Bertz CT molecular complexity index is 365. The van der Waals surface area contributed by atoms with Crippen molar-refractivity contribution in [1.82, 2.24) is 9.78 Å². The van der Waals surface area contributed by atoms with Crippen LogP contribution in [0, 0.1) is 0 Å². The number of carbonyl (C=O) groups excluding carboxylic acids is 1. The van der Waals surface area contributed by atoms with Crippen molar-refractivity contribution in [3.63, 3.8) is 0 Å². The van der Waals surface area contributed by atoms with Gasteiger partial charge in [0.25, 0.3) is 6.43 Å². The summed E-state index contributed by atoms with van der Waals surface area (Å²) in [5.74, 6) is -0.738. The third-order valence-electron chi connectivity index (χ3n) is 1.85. The number of esters is 1. The van der Waals surface area contributed by atoms with Gasteiger partial charge in [-0.25, -0.2) is 13.6 Å². The number of hydrogen-bond acceptors (Lipinski definition) is 4. The zero-order valence-corrected chi connectivity index (χ0v) is 8.15. The molecule has 0 aliphatic heterocycles. The summed E-state index contributed by atoms with van der Waals surface area (Å²) in [6.45, 7) is 0. The van der Waals surface area contributed by atoms with E-state index in [2.05, 4.69) is 9.84 Å². The van der Waals surface area contributed by atoms with Crippen LogP contribution in [0.1, 0.15) is 22.3 Å². The quantitative estimate of drug-likeness (QED) is 0.753. The highest BCUT2D eigenvalue weighted by atomic mass is 19.3. The van der Waals surface area contributed by atoms with Crippen LogP contribution in [-0.2, 0) is 11.8 Å². The van der Waals surface area contributed by atoms with Crippen molar-refractivity contribution in [3.05, 3.63) is 17.5 Å². The Morgan fingerprint density at radius 1 is 1.67 bits per heavy atom. The molecule has 1 aromatic heterocycles. The fourth-order valence-corrected chi connectivity index (χ4v) is 1.09. The standard InChI is InChI=1S/C8H10F2N2O3/c1-12-5(6(13)7(9)10)3-4(11-12)8(14)15-2/h3,6-7,13H,1-2H3. The summed E-state index contributed by atoms with van der Waals surface area (Å²) in [6, 6.07) is 1.07. The Labute approximate surface area is 84.3 Å². The van der Waals surface area contributed by atoms with E-state index < -0.39 is 18.5 Å². The molecule has 0 aliphatic rings. The van der Waals surface area contributed by atoms with E-state index in [-0.39, 0.29) is 11.4 Å². The zero-order valence-electron chi connectivity index (χ0n) is 8.15. The molecule has 0 bridgehead atoms. The Hall–Kier alpha value is -1.50. The summed E-state index contributed by atoms with van der Waals surface area (Å²) in [4.78, 5) is 11.0. The summed E-state index contributed by atoms with van der Waals surface area (Å²) in [6.07, 6.45) is -4.88. The summed E-state index contributed by atoms with van der Waals surface area (Å²) in [5, 5.41) is 12.7. The molecule has 1 aromatic rings. The molecular weight excluding hydrogens is 210 g/mol. The maximum absolute atomic E-state index is 12.2. The first-order valence-corrected chi connectivity index (χ1v) is 4.05. The van der Waals surface area contributed by atoms with Crippen LogP contribution in [0.2, 0.25) is 0 Å². The zero-order chi connectivity index (χ0) is 11.6. The second kappa shape index (κ2) is 4.35. The lowest BCUT2D eigenvalue weighted by Gasteiger charge is -2.08. The summed E-state index contributed by atoms with van der Waals surface area (Å²) >= 11 is 0. The molecule has 1 N–H and O–H groups in total. The number of aliphatic hydroxyl groups is 1. The fourth-order valence-electron chi connectivity index (χ4n) is 1.09. The topological polar surface area (TPSA) is 64.3 Å². The van der Waals surface area contributed by atoms with Crippen molar-refractivity contribution in [2.24, 2.45) is 7.05 Å². The molecule has 1 atom stereocenters. The lowest BCUT2D eigenvalue weighted by molar-refractivity contribution is -0.0103. The molecule has 0 aromatic carbocycles. The van der Waals surface area contributed by atoms with Crippen LogP contribution >= 0.6 is 0 Å². The van der Waals surface area contributed by atoms with Crippen LogP contribution in [0.5, 0.6) is 0 Å². The molecule has 0 fully saturated rings. The Morgan fingerprint density at radius 3 is 2.73 bits per heavy atom. The minimum absolute atomic E-state index is 0.116. The highest BCUT2D eigenvalue weighted by molar-refractivity contribution is 5.87. The molecule has 1 unspecified atom stereocenters. The number of rotatable bonds is 3. The van der Waals surface area contributed by atoms with Crippen LogP contribution in [0.15, 0.2) is 6.07 Å². The number of nitrogens with zero attached hydrogens (tertiary/aromatic N) is 2. The van der Waals surface area contributed by atoms with E-state index in [4.69, 9.17) is 5.11 Å². The van der Waals surface area contributed by atoms with E-state index >= 15 is 0 Å². The molecule has 5 nitrogen and oxygen atoms in total. The molecule has 0 aliphatic carbocycles. The van der Waals surface area contributed by atoms with E-state index in [1.54, 1.807) is 0 Å². The maximum atomic E-state index is 12.2. The Morgan fingerprint density at radius 2 is 2.27 bits per heavy atom. The van der Waals surface area contributed by atoms with E-state index in [1.807, 2.05) is 0 Å². The summed E-state index contributed by atoms with van der Waals surface area (Å²) < 4.78 is 29.7. The van der Waals surface area contributed by atoms with Gasteiger partial charge in [0.15, 0.2) is 11.8 Å². The molecule has 15 heavy (non-hydrogen) atoms. The van der Waals surface area contributed by atoms with Gasteiger partial charge in [-0.2, -0.15) is 5.10 Å². The first-order valence-electron chi connectivity index (χ1n) is 4.05. The van der Waals surface area contributed by atoms with E-state index in [1.165, 1.54) is 7.05 Å². The monoisotopic (exact) mass is 220 g/mol. The first kappa shape index (κ1) is 11.6. The minimum Gasteiger partial charge on any atom is -0.464 e. The number of aryl methyl sites for hydroxylation is 1. The van der Waals surface area contributed by atoms with Crippen molar-refractivity contribution in [3.8, 4) is 0 Å². The normalized spacial score (nSPS) is 12.9. The third-order valence-corrected chi connectivity index (χ3v) is 1.85. The van der Waals surface area contributed by atoms with Crippen molar-refractivity contribution in [2.75, 3.05) is 7.11 Å². The van der Waals surface area contributed by atoms with E-state index in [0.717, 1.165) is 17.9 Å². The first-order chi connectivity index (χ1) is 6.97. The molecule has 0 saturated carbocycles.